The van der Waals surface area contributed by atoms with Crippen LogP contribution in [0.2, 0.25) is 0 Å². The Morgan fingerprint density at radius 2 is 2.20 bits per heavy atom. The second-order valence-corrected chi connectivity index (χ2v) is 5.76. The number of carbonyl (C=O) groups excluding carboxylic acids is 1. The van der Waals surface area contributed by atoms with Gasteiger partial charge in [-0.25, -0.2) is 4.98 Å². The predicted molar refractivity (Wildman–Crippen MR) is 74.0 cm³/mol. The Labute approximate surface area is 121 Å². The maximum absolute atomic E-state index is 12.5. The van der Waals surface area contributed by atoms with Gasteiger partial charge in [-0.2, -0.15) is 0 Å². The lowest BCUT2D eigenvalue weighted by Crippen LogP contribution is -2.45. The van der Waals surface area contributed by atoms with Crippen molar-refractivity contribution >= 4 is 23.2 Å². The maximum Gasteiger partial charge on any atom is 0.323 e. The van der Waals surface area contributed by atoms with Crippen LogP contribution in [-0.2, 0) is 16.0 Å². The van der Waals surface area contributed by atoms with Gasteiger partial charge >= 0.3 is 5.97 Å². The average Bonchev–Trinajstić information content (AvgIpc) is 2.94. The second kappa shape index (κ2) is 6.81. The number of carbonyl (C=O) groups is 2. The Bertz CT molecular complexity index is 482. The molecule has 0 bridgehead atoms. The first-order valence-corrected chi connectivity index (χ1v) is 7.48. The number of carboxylic acids is 1. The first kappa shape index (κ1) is 14.9. The smallest absolute Gasteiger partial charge is 0.323 e. The molecule has 1 aliphatic rings. The van der Waals surface area contributed by atoms with E-state index in [4.69, 9.17) is 9.84 Å². The number of hydrogen-bond donors (Lipinski definition) is 1. The van der Waals surface area contributed by atoms with Crippen LogP contribution in [0.1, 0.15) is 34.4 Å². The Balaban J connectivity index is 2.16. The molecule has 1 aromatic heterocycles. The molecule has 7 heteroatoms. The van der Waals surface area contributed by atoms with Crippen molar-refractivity contribution in [3.63, 3.8) is 0 Å². The minimum Gasteiger partial charge on any atom is -0.480 e. The molecule has 2 heterocycles. The SMILES string of the molecule is CCc1ncc(C(=O)N(CC(=O)O)C2CCOCC2)s1. The molecule has 110 valence electrons. The Morgan fingerprint density at radius 3 is 2.75 bits per heavy atom. The van der Waals surface area contributed by atoms with Crippen molar-refractivity contribution in [1.29, 1.82) is 0 Å². The van der Waals surface area contributed by atoms with Gasteiger partial charge in [0.2, 0.25) is 0 Å². The van der Waals surface area contributed by atoms with E-state index in [2.05, 4.69) is 4.98 Å². The summed E-state index contributed by atoms with van der Waals surface area (Å²) >= 11 is 1.33. The molecule has 2 rings (SSSR count). The molecule has 0 aromatic carbocycles. The van der Waals surface area contributed by atoms with Crippen molar-refractivity contribution in [2.45, 2.75) is 32.2 Å². The topological polar surface area (TPSA) is 79.7 Å². The molecule has 1 aliphatic heterocycles. The molecule has 0 unspecified atom stereocenters. The Kier molecular flexibility index (Phi) is 5.08. The van der Waals surface area contributed by atoms with Crippen molar-refractivity contribution < 1.29 is 19.4 Å². The van der Waals surface area contributed by atoms with Crippen molar-refractivity contribution in [3.8, 4) is 0 Å². The van der Waals surface area contributed by atoms with Gasteiger partial charge in [0.1, 0.15) is 11.4 Å². The molecule has 0 atom stereocenters. The average molecular weight is 298 g/mol. The highest BCUT2D eigenvalue weighted by atomic mass is 32.1. The minimum atomic E-state index is -0.995. The number of nitrogens with zero attached hydrogens (tertiary/aromatic N) is 2. The fourth-order valence-corrected chi connectivity index (χ4v) is 3.04. The van der Waals surface area contributed by atoms with Crippen molar-refractivity contribution in [2.24, 2.45) is 0 Å². The fraction of sp³-hybridized carbons (Fsp3) is 0.615. The molecule has 1 N–H and O–H groups in total. The number of aromatic nitrogens is 1. The van der Waals surface area contributed by atoms with Gasteiger partial charge in [0, 0.05) is 19.3 Å². The lowest BCUT2D eigenvalue weighted by atomic mass is 10.1. The van der Waals surface area contributed by atoms with Gasteiger partial charge in [-0.05, 0) is 19.3 Å². The summed E-state index contributed by atoms with van der Waals surface area (Å²) in [5.74, 6) is -1.23. The Hall–Kier alpha value is -1.47. The van der Waals surface area contributed by atoms with Crippen LogP contribution < -0.4 is 0 Å². The van der Waals surface area contributed by atoms with E-state index in [0.717, 1.165) is 11.4 Å². The van der Waals surface area contributed by atoms with Crippen molar-refractivity contribution in [2.75, 3.05) is 19.8 Å². The Morgan fingerprint density at radius 1 is 1.50 bits per heavy atom. The molecular formula is C13H18N2O4S. The molecule has 1 saturated heterocycles. The third kappa shape index (κ3) is 3.55. The zero-order chi connectivity index (χ0) is 14.5. The molecule has 0 spiro atoms. The number of hydrogen-bond acceptors (Lipinski definition) is 5. The first-order chi connectivity index (χ1) is 9.61. The van der Waals surface area contributed by atoms with Crippen molar-refractivity contribution in [1.82, 2.24) is 9.88 Å². The highest BCUT2D eigenvalue weighted by Crippen LogP contribution is 2.21. The summed E-state index contributed by atoms with van der Waals surface area (Å²) in [5.41, 5.74) is 0. The van der Waals surface area contributed by atoms with Crippen LogP contribution in [0.25, 0.3) is 0 Å². The van der Waals surface area contributed by atoms with Gasteiger partial charge in [0.15, 0.2) is 0 Å². The van der Waals surface area contributed by atoms with Crippen LogP contribution >= 0.6 is 11.3 Å². The zero-order valence-corrected chi connectivity index (χ0v) is 12.2. The van der Waals surface area contributed by atoms with Crippen LogP contribution in [0.3, 0.4) is 0 Å². The van der Waals surface area contributed by atoms with E-state index < -0.39 is 5.97 Å². The van der Waals surface area contributed by atoms with E-state index in [1.807, 2.05) is 6.92 Å². The lowest BCUT2D eigenvalue weighted by molar-refractivity contribution is -0.138. The normalized spacial score (nSPS) is 16.1. The van der Waals surface area contributed by atoms with E-state index in [-0.39, 0.29) is 18.5 Å². The number of rotatable bonds is 5. The summed E-state index contributed by atoms with van der Waals surface area (Å²) in [6.07, 6.45) is 3.67. The number of ether oxygens (including phenoxy) is 1. The third-order valence-electron chi connectivity index (χ3n) is 3.26. The van der Waals surface area contributed by atoms with Gasteiger partial charge in [-0.3, -0.25) is 9.59 Å². The molecule has 20 heavy (non-hydrogen) atoms. The largest absolute Gasteiger partial charge is 0.480 e. The molecule has 0 radical (unpaired) electrons. The van der Waals surface area contributed by atoms with E-state index >= 15 is 0 Å². The number of carboxylic acid groups (broad SMARTS) is 1. The number of amides is 1. The first-order valence-electron chi connectivity index (χ1n) is 6.67. The second-order valence-electron chi connectivity index (χ2n) is 4.64. The lowest BCUT2D eigenvalue weighted by Gasteiger charge is -2.32. The van der Waals surface area contributed by atoms with E-state index in [0.29, 0.717) is 30.9 Å². The molecule has 0 aliphatic carbocycles. The predicted octanol–water partition coefficient (Wildman–Crippen LogP) is 1.41. The molecule has 6 nitrogen and oxygen atoms in total. The van der Waals surface area contributed by atoms with Crippen LogP contribution in [0, 0.1) is 0 Å². The van der Waals surface area contributed by atoms with Crippen LogP contribution in [0.5, 0.6) is 0 Å². The summed E-state index contributed by atoms with van der Waals surface area (Å²) < 4.78 is 5.27. The molecular weight excluding hydrogens is 280 g/mol. The minimum absolute atomic E-state index is 0.0699. The molecule has 0 saturated carbocycles. The van der Waals surface area contributed by atoms with Gasteiger partial charge in [0.05, 0.1) is 11.2 Å². The maximum atomic E-state index is 12.5. The monoisotopic (exact) mass is 298 g/mol. The fourth-order valence-electron chi connectivity index (χ4n) is 2.22. The molecule has 1 amide bonds. The standard InChI is InChI=1S/C13H18N2O4S/c1-2-11-14-7-10(20-11)13(18)15(8-12(16)17)9-3-5-19-6-4-9/h7,9H,2-6,8H2,1H3,(H,16,17). The van der Waals surface area contributed by atoms with Crippen LogP contribution in [-0.4, -0.2) is 52.7 Å². The van der Waals surface area contributed by atoms with Crippen molar-refractivity contribution in [3.05, 3.63) is 16.1 Å². The van der Waals surface area contributed by atoms with Crippen LogP contribution in [0.15, 0.2) is 6.20 Å². The number of aliphatic carboxylic acids is 1. The van der Waals surface area contributed by atoms with Gasteiger partial charge in [0.25, 0.3) is 5.91 Å². The summed E-state index contributed by atoms with van der Waals surface area (Å²) in [7, 11) is 0. The molecule has 1 fully saturated rings. The van der Waals surface area contributed by atoms with Gasteiger partial charge in [-0.1, -0.05) is 6.92 Å². The summed E-state index contributed by atoms with van der Waals surface area (Å²) in [6.45, 7) is 2.83. The highest BCUT2D eigenvalue weighted by molar-refractivity contribution is 7.13. The van der Waals surface area contributed by atoms with E-state index in [9.17, 15) is 9.59 Å². The van der Waals surface area contributed by atoms with Gasteiger partial charge in [-0.15, -0.1) is 11.3 Å². The number of aryl methyl sites for hydroxylation is 1. The van der Waals surface area contributed by atoms with E-state index in [1.165, 1.54) is 16.2 Å². The van der Waals surface area contributed by atoms with Crippen LogP contribution in [0.4, 0.5) is 0 Å². The van der Waals surface area contributed by atoms with E-state index in [1.54, 1.807) is 6.20 Å². The summed E-state index contributed by atoms with van der Waals surface area (Å²) in [6, 6.07) is -0.0699. The van der Waals surface area contributed by atoms with Gasteiger partial charge < -0.3 is 14.7 Å². The number of thiazole rings is 1. The molecule has 1 aromatic rings. The zero-order valence-electron chi connectivity index (χ0n) is 11.4. The summed E-state index contributed by atoms with van der Waals surface area (Å²) in [4.78, 5) is 29.6. The summed E-state index contributed by atoms with van der Waals surface area (Å²) in [5, 5.41) is 9.91. The highest BCUT2D eigenvalue weighted by Gasteiger charge is 2.29. The third-order valence-corrected chi connectivity index (χ3v) is 4.39. The quantitative estimate of drug-likeness (QED) is 0.889.